The van der Waals surface area contributed by atoms with Crippen LogP contribution in [0.25, 0.3) is 0 Å². The highest BCUT2D eigenvalue weighted by molar-refractivity contribution is 6.30. The number of hydrogen-bond donors (Lipinski definition) is 2. The Morgan fingerprint density at radius 3 is 2.79 bits per heavy atom. The molecule has 2 N–H and O–H groups in total. The van der Waals surface area contributed by atoms with Crippen molar-refractivity contribution in [3.63, 3.8) is 0 Å². The zero-order chi connectivity index (χ0) is 13.8. The Balaban J connectivity index is 1.92. The largest absolute Gasteiger partial charge is 0.507 e. The number of amides is 1. The second-order valence-electron chi connectivity index (χ2n) is 5.04. The van der Waals surface area contributed by atoms with Gasteiger partial charge in [0.1, 0.15) is 5.75 Å². The minimum Gasteiger partial charge on any atom is -0.507 e. The highest BCUT2D eigenvalue weighted by atomic mass is 35.5. The molecule has 0 aromatic heterocycles. The first-order valence-electron chi connectivity index (χ1n) is 6.58. The molecule has 0 radical (unpaired) electrons. The van der Waals surface area contributed by atoms with Gasteiger partial charge in [-0.3, -0.25) is 4.79 Å². The number of benzene rings is 1. The fourth-order valence-electron chi connectivity index (χ4n) is 2.40. The van der Waals surface area contributed by atoms with Gasteiger partial charge < -0.3 is 15.3 Å². The summed E-state index contributed by atoms with van der Waals surface area (Å²) in [5.41, 5.74) is 0.262. The number of phenolic OH excluding ortho intramolecular Hbond substituents is 1. The molecule has 1 aromatic rings. The summed E-state index contributed by atoms with van der Waals surface area (Å²) in [4.78, 5) is 14.4. The average molecular weight is 283 g/mol. The van der Waals surface area contributed by atoms with Crippen LogP contribution in [-0.4, -0.2) is 41.6 Å². The number of halogens is 1. The van der Waals surface area contributed by atoms with E-state index >= 15 is 0 Å². The van der Waals surface area contributed by atoms with Gasteiger partial charge in [0.05, 0.1) is 5.56 Å². The molecule has 104 valence electrons. The summed E-state index contributed by atoms with van der Waals surface area (Å²) in [6.45, 7) is 5.03. The van der Waals surface area contributed by atoms with Gasteiger partial charge >= 0.3 is 0 Å². The summed E-state index contributed by atoms with van der Waals surface area (Å²) in [7, 11) is 0. The van der Waals surface area contributed by atoms with Crippen molar-refractivity contribution in [3.8, 4) is 5.75 Å². The van der Waals surface area contributed by atoms with Crippen LogP contribution in [0.4, 0.5) is 0 Å². The lowest BCUT2D eigenvalue weighted by atomic mass is 10.1. The molecule has 19 heavy (non-hydrogen) atoms. The highest BCUT2D eigenvalue weighted by Crippen LogP contribution is 2.21. The molecular formula is C14H19ClN2O2. The number of nitrogens with one attached hydrogen (secondary N) is 1. The summed E-state index contributed by atoms with van der Waals surface area (Å²) < 4.78 is 0. The van der Waals surface area contributed by atoms with Crippen LogP contribution < -0.4 is 5.32 Å². The molecule has 1 aliphatic heterocycles. The van der Waals surface area contributed by atoms with Crippen molar-refractivity contribution in [2.75, 3.05) is 19.6 Å². The standard InChI is InChI=1S/C14H19ClN2O2/c1-10(9-17-6-2-3-7-17)16-14(19)12-5-4-11(15)8-13(12)18/h4-5,8,10,18H,2-3,6-7,9H2,1H3,(H,16,19). The third-order valence-corrected chi connectivity index (χ3v) is 3.55. The second-order valence-corrected chi connectivity index (χ2v) is 5.48. The van der Waals surface area contributed by atoms with Crippen molar-refractivity contribution in [1.82, 2.24) is 10.2 Å². The maximum absolute atomic E-state index is 12.0. The van der Waals surface area contributed by atoms with Gasteiger partial charge in [0.15, 0.2) is 0 Å². The monoisotopic (exact) mass is 282 g/mol. The lowest BCUT2D eigenvalue weighted by Crippen LogP contribution is -2.41. The number of nitrogens with zero attached hydrogens (tertiary/aromatic N) is 1. The number of hydrogen-bond acceptors (Lipinski definition) is 3. The highest BCUT2D eigenvalue weighted by Gasteiger charge is 2.18. The number of aromatic hydroxyl groups is 1. The van der Waals surface area contributed by atoms with Gasteiger partial charge in [0.2, 0.25) is 0 Å². The van der Waals surface area contributed by atoms with Gasteiger partial charge in [-0.2, -0.15) is 0 Å². The van der Waals surface area contributed by atoms with Gasteiger partial charge in [0.25, 0.3) is 5.91 Å². The first kappa shape index (κ1) is 14.2. The van der Waals surface area contributed by atoms with Gasteiger partial charge in [-0.25, -0.2) is 0 Å². The van der Waals surface area contributed by atoms with E-state index < -0.39 is 0 Å². The van der Waals surface area contributed by atoms with E-state index in [1.807, 2.05) is 6.92 Å². The molecule has 1 saturated heterocycles. The van der Waals surface area contributed by atoms with Crippen LogP contribution in [0.3, 0.4) is 0 Å². The zero-order valence-corrected chi connectivity index (χ0v) is 11.8. The Kier molecular flexibility index (Phi) is 4.66. The Bertz CT molecular complexity index is 459. The van der Waals surface area contributed by atoms with Crippen LogP contribution in [0.1, 0.15) is 30.1 Å². The van der Waals surface area contributed by atoms with Crippen molar-refractivity contribution in [2.24, 2.45) is 0 Å². The smallest absolute Gasteiger partial charge is 0.255 e. The average Bonchev–Trinajstić information content (AvgIpc) is 2.81. The van der Waals surface area contributed by atoms with Gasteiger partial charge in [-0.1, -0.05) is 11.6 Å². The topological polar surface area (TPSA) is 52.6 Å². The molecule has 5 heteroatoms. The Labute approximate surface area is 118 Å². The van der Waals surface area contributed by atoms with E-state index in [2.05, 4.69) is 10.2 Å². The number of rotatable bonds is 4. The summed E-state index contributed by atoms with van der Waals surface area (Å²) in [5.74, 6) is -0.348. The summed E-state index contributed by atoms with van der Waals surface area (Å²) in [6, 6.07) is 4.57. The van der Waals surface area contributed by atoms with E-state index in [0.29, 0.717) is 5.02 Å². The predicted molar refractivity (Wildman–Crippen MR) is 75.7 cm³/mol. The van der Waals surface area contributed by atoms with Crippen LogP contribution in [0.2, 0.25) is 5.02 Å². The van der Waals surface area contributed by atoms with Crippen LogP contribution in [0.5, 0.6) is 5.75 Å². The summed E-state index contributed by atoms with van der Waals surface area (Å²) in [6.07, 6.45) is 2.47. The summed E-state index contributed by atoms with van der Waals surface area (Å²) >= 11 is 5.74. The van der Waals surface area contributed by atoms with E-state index in [1.165, 1.54) is 25.0 Å². The molecule has 1 aliphatic rings. The molecule has 1 atom stereocenters. The Morgan fingerprint density at radius 1 is 1.47 bits per heavy atom. The fraction of sp³-hybridized carbons (Fsp3) is 0.500. The van der Waals surface area contributed by atoms with E-state index in [0.717, 1.165) is 19.6 Å². The maximum atomic E-state index is 12.0. The molecule has 0 aliphatic carbocycles. The first-order chi connectivity index (χ1) is 9.06. The maximum Gasteiger partial charge on any atom is 0.255 e. The Hall–Kier alpha value is -1.26. The fourth-order valence-corrected chi connectivity index (χ4v) is 2.56. The van der Waals surface area contributed by atoms with Gasteiger partial charge in [-0.15, -0.1) is 0 Å². The molecule has 0 spiro atoms. The van der Waals surface area contributed by atoms with Crippen molar-refractivity contribution in [1.29, 1.82) is 0 Å². The molecule has 0 saturated carbocycles. The van der Waals surface area contributed by atoms with Crippen molar-refractivity contribution in [2.45, 2.75) is 25.8 Å². The molecule has 2 rings (SSSR count). The molecule has 1 unspecified atom stereocenters. The normalized spacial score (nSPS) is 17.4. The van der Waals surface area contributed by atoms with E-state index in [9.17, 15) is 9.90 Å². The van der Waals surface area contributed by atoms with Crippen LogP contribution >= 0.6 is 11.6 Å². The molecule has 1 aromatic carbocycles. The van der Waals surface area contributed by atoms with Crippen LogP contribution in [0.15, 0.2) is 18.2 Å². The third kappa shape index (κ3) is 3.85. The molecule has 1 fully saturated rings. The van der Waals surface area contributed by atoms with Gasteiger partial charge in [-0.05, 0) is 51.1 Å². The van der Waals surface area contributed by atoms with Crippen molar-refractivity contribution >= 4 is 17.5 Å². The SMILES string of the molecule is CC(CN1CCCC1)NC(=O)c1ccc(Cl)cc1O. The minimum atomic E-state index is -0.263. The zero-order valence-electron chi connectivity index (χ0n) is 11.0. The predicted octanol–water partition coefficient (Wildman–Crippen LogP) is 2.26. The number of likely N-dealkylation sites (tertiary alicyclic amines) is 1. The second kappa shape index (κ2) is 6.26. The minimum absolute atomic E-state index is 0.0562. The van der Waals surface area contributed by atoms with Crippen LogP contribution in [-0.2, 0) is 0 Å². The first-order valence-corrected chi connectivity index (χ1v) is 6.96. The number of carbonyl (C=O) groups is 1. The molecule has 1 amide bonds. The molecule has 1 heterocycles. The van der Waals surface area contributed by atoms with E-state index in [4.69, 9.17) is 11.6 Å². The summed E-state index contributed by atoms with van der Waals surface area (Å²) in [5, 5.41) is 13.0. The lowest BCUT2D eigenvalue weighted by molar-refractivity contribution is 0.0929. The van der Waals surface area contributed by atoms with Gasteiger partial charge in [0, 0.05) is 17.6 Å². The molecule has 0 bridgehead atoms. The third-order valence-electron chi connectivity index (χ3n) is 3.31. The van der Waals surface area contributed by atoms with E-state index in [-0.39, 0.29) is 23.3 Å². The lowest BCUT2D eigenvalue weighted by Gasteiger charge is -2.21. The van der Waals surface area contributed by atoms with Crippen molar-refractivity contribution in [3.05, 3.63) is 28.8 Å². The van der Waals surface area contributed by atoms with E-state index in [1.54, 1.807) is 6.07 Å². The molecular weight excluding hydrogens is 264 g/mol. The Morgan fingerprint density at radius 2 is 2.16 bits per heavy atom. The quantitative estimate of drug-likeness (QED) is 0.891. The number of phenols is 1. The number of carbonyl (C=O) groups excluding carboxylic acids is 1. The van der Waals surface area contributed by atoms with Crippen molar-refractivity contribution < 1.29 is 9.90 Å². The van der Waals surface area contributed by atoms with Crippen LogP contribution in [0, 0.1) is 0 Å². The molecule has 4 nitrogen and oxygen atoms in total.